The van der Waals surface area contributed by atoms with E-state index in [1.165, 1.54) is 6.07 Å². The Kier molecular flexibility index (Phi) is 2.97. The monoisotopic (exact) mass is 265 g/mol. The Morgan fingerprint density at radius 3 is 2.79 bits per heavy atom. The molecule has 3 nitrogen and oxygen atoms in total. The molecule has 0 atom stereocenters. The van der Waals surface area contributed by atoms with E-state index < -0.39 is 6.61 Å². The Morgan fingerprint density at radius 1 is 1.32 bits per heavy atom. The molecule has 1 fully saturated rings. The van der Waals surface area contributed by atoms with Crippen LogP contribution in [0.1, 0.15) is 18.4 Å². The van der Waals surface area contributed by atoms with Crippen molar-refractivity contribution in [2.45, 2.75) is 25.5 Å². The first-order chi connectivity index (χ1) is 9.13. The number of hydrogen-bond donors (Lipinski definition) is 0. The van der Waals surface area contributed by atoms with E-state index in [1.54, 1.807) is 12.1 Å². The molecular weight excluding hydrogens is 252 g/mol. The predicted octanol–water partition coefficient (Wildman–Crippen LogP) is 2.85. The third kappa shape index (κ3) is 2.32. The number of rotatable bonds is 3. The summed E-state index contributed by atoms with van der Waals surface area (Å²) < 4.78 is 28.9. The van der Waals surface area contributed by atoms with Gasteiger partial charge in [-0.15, -0.1) is 0 Å². The minimum Gasteiger partial charge on any atom is -0.435 e. The first kappa shape index (κ1) is 12.1. The van der Waals surface area contributed by atoms with Crippen LogP contribution in [0.5, 0.6) is 5.75 Å². The number of ether oxygens (including phenoxy) is 1. The molecule has 1 aliphatic carbocycles. The van der Waals surface area contributed by atoms with Crippen LogP contribution in [0.15, 0.2) is 24.3 Å². The molecule has 0 radical (unpaired) electrons. The summed E-state index contributed by atoms with van der Waals surface area (Å²) in [7, 11) is 0. The molecule has 0 N–H and O–H groups in total. The van der Waals surface area contributed by atoms with Gasteiger partial charge in [-0.25, -0.2) is 0 Å². The molecule has 19 heavy (non-hydrogen) atoms. The maximum atomic E-state index is 12.2. The van der Waals surface area contributed by atoms with Crippen LogP contribution in [-0.2, 0) is 4.79 Å². The Hall–Kier alpha value is -1.91. The highest BCUT2D eigenvalue weighted by atomic mass is 19.3. The predicted molar refractivity (Wildman–Crippen MR) is 67.5 cm³/mol. The van der Waals surface area contributed by atoms with Gasteiger partial charge in [0.1, 0.15) is 11.5 Å². The lowest BCUT2D eigenvalue weighted by molar-refractivity contribution is -0.124. The largest absolute Gasteiger partial charge is 0.435 e. The Labute approximate surface area is 109 Å². The average Bonchev–Trinajstić information content (AvgIpc) is 2.34. The fraction of sp³-hybridized carbons (Fsp3) is 0.357. The summed E-state index contributed by atoms with van der Waals surface area (Å²) in [5, 5.41) is 0. The molecule has 0 unspecified atom stereocenters. The number of carbonyl (C=O) groups is 1. The number of alkyl halides is 2. The number of benzene rings is 1. The van der Waals surface area contributed by atoms with Crippen molar-refractivity contribution in [3.8, 4) is 5.75 Å². The van der Waals surface area contributed by atoms with Crippen LogP contribution in [0.25, 0.3) is 6.08 Å². The van der Waals surface area contributed by atoms with Gasteiger partial charge in [0, 0.05) is 37.2 Å². The van der Waals surface area contributed by atoms with Crippen LogP contribution in [0.4, 0.5) is 14.5 Å². The number of fused-ring (bicyclic) bond motifs is 1. The van der Waals surface area contributed by atoms with Crippen molar-refractivity contribution in [1.29, 1.82) is 0 Å². The van der Waals surface area contributed by atoms with Crippen molar-refractivity contribution < 1.29 is 18.3 Å². The smallest absolute Gasteiger partial charge is 0.387 e. The van der Waals surface area contributed by atoms with Gasteiger partial charge in [-0.1, -0.05) is 12.2 Å². The van der Waals surface area contributed by atoms with Crippen molar-refractivity contribution in [1.82, 2.24) is 0 Å². The normalized spacial score (nSPS) is 18.5. The maximum absolute atomic E-state index is 12.2. The fourth-order valence-corrected chi connectivity index (χ4v) is 2.51. The first-order valence-corrected chi connectivity index (χ1v) is 6.17. The van der Waals surface area contributed by atoms with Crippen molar-refractivity contribution in [2.24, 2.45) is 0 Å². The zero-order valence-electron chi connectivity index (χ0n) is 10.2. The number of Topliss-reactive ketones (excluding diaryl/α,β-unsaturated/α-hetero) is 1. The molecular formula is C14H13F2NO2. The van der Waals surface area contributed by atoms with E-state index >= 15 is 0 Å². The van der Waals surface area contributed by atoms with Crippen LogP contribution >= 0.6 is 0 Å². The number of hydrogen-bond acceptors (Lipinski definition) is 3. The zero-order chi connectivity index (χ0) is 13.4. The van der Waals surface area contributed by atoms with Gasteiger partial charge in [-0.2, -0.15) is 8.78 Å². The summed E-state index contributed by atoms with van der Waals surface area (Å²) in [6, 6.07) is 5.09. The molecule has 3 rings (SSSR count). The molecule has 5 heteroatoms. The highest BCUT2D eigenvalue weighted by molar-refractivity contribution is 5.88. The van der Waals surface area contributed by atoms with Crippen LogP contribution < -0.4 is 9.64 Å². The van der Waals surface area contributed by atoms with Gasteiger partial charge in [0.2, 0.25) is 0 Å². The van der Waals surface area contributed by atoms with Crippen molar-refractivity contribution in [3.05, 3.63) is 29.8 Å². The summed E-state index contributed by atoms with van der Waals surface area (Å²) >= 11 is 0. The molecule has 1 heterocycles. The third-order valence-corrected chi connectivity index (χ3v) is 3.50. The second-order valence-corrected chi connectivity index (χ2v) is 4.75. The standard InChI is InChI=1S/C14H13F2NO2/c15-14(16)19-12-4-3-9-2-1-5-17(13(9)8-12)10-6-11(18)7-10/h1-4,8,10,14H,5-7H2. The van der Waals surface area contributed by atoms with E-state index in [2.05, 4.69) is 9.64 Å². The van der Waals surface area contributed by atoms with E-state index in [9.17, 15) is 13.6 Å². The van der Waals surface area contributed by atoms with Crippen molar-refractivity contribution in [2.75, 3.05) is 11.4 Å². The summed E-state index contributed by atoms with van der Waals surface area (Å²) in [6.07, 6.45) is 5.04. The Bertz CT molecular complexity index is 534. The van der Waals surface area contributed by atoms with Gasteiger partial charge in [0.15, 0.2) is 0 Å². The Morgan fingerprint density at radius 2 is 2.11 bits per heavy atom. The van der Waals surface area contributed by atoms with Gasteiger partial charge >= 0.3 is 6.61 Å². The number of carbonyl (C=O) groups excluding carboxylic acids is 1. The molecule has 100 valence electrons. The quantitative estimate of drug-likeness (QED) is 0.841. The molecule has 0 bridgehead atoms. The second kappa shape index (κ2) is 4.64. The van der Waals surface area contributed by atoms with Crippen LogP contribution in [0.2, 0.25) is 0 Å². The summed E-state index contributed by atoms with van der Waals surface area (Å²) in [4.78, 5) is 13.2. The minimum atomic E-state index is -2.82. The van der Waals surface area contributed by atoms with E-state index in [1.807, 2.05) is 12.2 Å². The molecule has 1 aromatic carbocycles. The summed E-state index contributed by atoms with van der Waals surface area (Å²) in [5.74, 6) is 0.404. The van der Waals surface area contributed by atoms with Crippen LogP contribution in [0, 0.1) is 0 Å². The van der Waals surface area contributed by atoms with Crippen molar-refractivity contribution >= 4 is 17.5 Å². The minimum absolute atomic E-state index is 0.153. The molecule has 0 aromatic heterocycles. The summed E-state index contributed by atoms with van der Waals surface area (Å²) in [5.41, 5.74) is 1.82. The SMILES string of the molecule is O=C1CC(N2CC=Cc3ccc(OC(F)F)cc32)C1. The van der Waals surface area contributed by atoms with E-state index in [0.29, 0.717) is 19.4 Å². The zero-order valence-corrected chi connectivity index (χ0v) is 10.2. The molecule has 0 spiro atoms. The highest BCUT2D eigenvalue weighted by Gasteiger charge is 2.33. The topological polar surface area (TPSA) is 29.5 Å². The Balaban J connectivity index is 1.88. The molecule has 1 saturated carbocycles. The summed E-state index contributed by atoms with van der Waals surface area (Å²) in [6.45, 7) is -2.13. The number of halogens is 2. The number of nitrogens with zero attached hydrogens (tertiary/aromatic N) is 1. The van der Waals surface area contributed by atoms with E-state index in [4.69, 9.17) is 0 Å². The van der Waals surface area contributed by atoms with Gasteiger partial charge < -0.3 is 9.64 Å². The fourth-order valence-electron chi connectivity index (χ4n) is 2.51. The lowest BCUT2D eigenvalue weighted by Gasteiger charge is -2.40. The van der Waals surface area contributed by atoms with Gasteiger partial charge in [-0.3, -0.25) is 4.79 Å². The lowest BCUT2D eigenvalue weighted by Crippen LogP contribution is -2.46. The number of ketones is 1. The van der Waals surface area contributed by atoms with Gasteiger partial charge in [-0.05, 0) is 17.7 Å². The average molecular weight is 265 g/mol. The van der Waals surface area contributed by atoms with Crippen LogP contribution in [-0.4, -0.2) is 25.0 Å². The van der Waals surface area contributed by atoms with Crippen molar-refractivity contribution in [3.63, 3.8) is 0 Å². The molecule has 1 aliphatic heterocycles. The number of anilines is 1. The van der Waals surface area contributed by atoms with Gasteiger partial charge in [0.25, 0.3) is 0 Å². The second-order valence-electron chi connectivity index (χ2n) is 4.75. The molecule has 0 amide bonds. The van der Waals surface area contributed by atoms with Crippen LogP contribution in [0.3, 0.4) is 0 Å². The molecule has 0 saturated heterocycles. The highest BCUT2D eigenvalue weighted by Crippen LogP contribution is 2.35. The van der Waals surface area contributed by atoms with E-state index in [0.717, 1.165) is 11.3 Å². The van der Waals surface area contributed by atoms with Gasteiger partial charge in [0.05, 0.1) is 0 Å². The third-order valence-electron chi connectivity index (χ3n) is 3.50. The lowest BCUT2D eigenvalue weighted by atomic mass is 9.88. The maximum Gasteiger partial charge on any atom is 0.387 e. The molecule has 1 aromatic rings. The first-order valence-electron chi connectivity index (χ1n) is 6.17. The van der Waals surface area contributed by atoms with E-state index in [-0.39, 0.29) is 17.6 Å². The molecule has 2 aliphatic rings.